The molecule has 2 aromatic rings. The molecule has 1 saturated heterocycles. The predicted molar refractivity (Wildman–Crippen MR) is 109 cm³/mol. The summed E-state index contributed by atoms with van der Waals surface area (Å²) in [5.74, 6) is -1.99. The van der Waals surface area contributed by atoms with Gasteiger partial charge in [-0.2, -0.15) is 0 Å². The molecule has 2 aliphatic rings. The van der Waals surface area contributed by atoms with Crippen molar-refractivity contribution in [2.24, 2.45) is 0 Å². The van der Waals surface area contributed by atoms with Crippen LogP contribution in [0.15, 0.2) is 28.8 Å². The molecule has 0 bridgehead atoms. The van der Waals surface area contributed by atoms with Gasteiger partial charge in [-0.05, 0) is 38.1 Å². The lowest BCUT2D eigenvalue weighted by Crippen LogP contribution is -2.61. The number of hydrogen-bond donors (Lipinski definition) is 1. The fourth-order valence-electron chi connectivity index (χ4n) is 4.60. The Balaban J connectivity index is 1.43. The van der Waals surface area contributed by atoms with E-state index in [2.05, 4.69) is 27.3 Å². The lowest BCUT2D eigenvalue weighted by atomic mass is 9.79. The molecule has 1 aromatic heterocycles. The van der Waals surface area contributed by atoms with Gasteiger partial charge < -0.3 is 14.7 Å². The molecule has 1 aromatic carbocycles. The molecule has 0 radical (unpaired) electrons. The third-order valence-electron chi connectivity index (χ3n) is 6.48. The Morgan fingerprint density at radius 3 is 2.53 bits per heavy atom. The summed E-state index contributed by atoms with van der Waals surface area (Å²) in [4.78, 5) is 17.6. The van der Waals surface area contributed by atoms with Crippen LogP contribution in [-0.4, -0.2) is 66.2 Å². The molecule has 1 aliphatic carbocycles. The van der Waals surface area contributed by atoms with E-state index in [0.717, 1.165) is 51.2 Å². The molecule has 162 valence electrons. The molecule has 1 N–H and O–H groups in total. The second-order valence-electron chi connectivity index (χ2n) is 8.46. The minimum Gasteiger partial charge on any atom is -0.355 e. The molecule has 4 rings (SSSR count). The van der Waals surface area contributed by atoms with Gasteiger partial charge in [0.25, 0.3) is 5.91 Å². The normalized spacial score (nSPS) is 20.2. The largest absolute Gasteiger partial charge is 0.355 e. The molecule has 2 heterocycles. The van der Waals surface area contributed by atoms with Gasteiger partial charge in [-0.3, -0.25) is 9.69 Å². The average Bonchev–Trinajstić information content (AvgIpc) is 3.25. The van der Waals surface area contributed by atoms with Gasteiger partial charge in [-0.1, -0.05) is 24.4 Å². The van der Waals surface area contributed by atoms with Gasteiger partial charge in [0, 0.05) is 49.9 Å². The minimum absolute atomic E-state index is 0.0121. The number of likely N-dealkylation sites (N-methyl/N-ethyl adjacent to an activating group) is 1. The summed E-state index contributed by atoms with van der Waals surface area (Å²) in [5.41, 5.74) is 0.461. The van der Waals surface area contributed by atoms with Crippen LogP contribution in [0.3, 0.4) is 0 Å². The van der Waals surface area contributed by atoms with E-state index >= 15 is 0 Å². The van der Waals surface area contributed by atoms with Crippen LogP contribution in [0, 0.1) is 11.6 Å². The summed E-state index contributed by atoms with van der Waals surface area (Å²) in [5, 5.41) is 6.88. The van der Waals surface area contributed by atoms with E-state index in [9.17, 15) is 13.6 Å². The summed E-state index contributed by atoms with van der Waals surface area (Å²) in [7, 11) is 2.14. The van der Waals surface area contributed by atoms with Gasteiger partial charge in [-0.25, -0.2) is 8.78 Å². The topological polar surface area (TPSA) is 61.6 Å². The quantitative estimate of drug-likeness (QED) is 0.807. The van der Waals surface area contributed by atoms with E-state index in [4.69, 9.17) is 4.52 Å². The first kappa shape index (κ1) is 20.9. The van der Waals surface area contributed by atoms with Gasteiger partial charge >= 0.3 is 0 Å². The molecular weight excluding hydrogens is 390 g/mol. The SMILES string of the molecule is CN1CCN(C2(CNC(=O)c3cc(-c4ccc(F)c(F)c4)on3)CCCCC2)CC1. The Labute approximate surface area is 175 Å². The van der Waals surface area contributed by atoms with E-state index in [1.807, 2.05) is 0 Å². The first-order chi connectivity index (χ1) is 14.5. The Morgan fingerprint density at radius 2 is 1.83 bits per heavy atom. The fourth-order valence-corrected chi connectivity index (χ4v) is 4.60. The van der Waals surface area contributed by atoms with Crippen molar-refractivity contribution in [3.8, 4) is 11.3 Å². The highest BCUT2D eigenvalue weighted by Crippen LogP contribution is 2.34. The zero-order valence-corrected chi connectivity index (χ0v) is 17.3. The minimum atomic E-state index is -0.971. The molecule has 0 atom stereocenters. The standard InChI is InChI=1S/C22H28F2N4O2/c1-27-9-11-28(12-10-27)22(7-3-2-4-8-22)15-25-21(29)19-14-20(30-26-19)16-5-6-17(23)18(24)13-16/h5-6,13-14H,2-4,7-12,15H2,1H3,(H,25,29). The van der Waals surface area contributed by atoms with Gasteiger partial charge in [0.1, 0.15) is 0 Å². The zero-order chi connectivity index (χ0) is 21.1. The zero-order valence-electron chi connectivity index (χ0n) is 17.3. The predicted octanol–water partition coefficient (Wildman–Crippen LogP) is 3.30. The fraction of sp³-hybridized carbons (Fsp3) is 0.545. The number of amides is 1. The maximum atomic E-state index is 13.5. The lowest BCUT2D eigenvalue weighted by Gasteiger charge is -2.49. The van der Waals surface area contributed by atoms with Crippen LogP contribution in [0.25, 0.3) is 11.3 Å². The van der Waals surface area contributed by atoms with Crippen LogP contribution in [0.4, 0.5) is 8.78 Å². The Kier molecular flexibility index (Phi) is 6.15. The van der Waals surface area contributed by atoms with Crippen LogP contribution in [0.1, 0.15) is 42.6 Å². The van der Waals surface area contributed by atoms with E-state index in [1.165, 1.54) is 31.4 Å². The maximum absolute atomic E-state index is 13.5. The highest BCUT2D eigenvalue weighted by atomic mass is 19.2. The lowest BCUT2D eigenvalue weighted by molar-refractivity contribution is 0.0138. The summed E-state index contributed by atoms with van der Waals surface area (Å²) in [6.07, 6.45) is 5.75. The van der Waals surface area contributed by atoms with Gasteiger partial charge in [0.15, 0.2) is 23.1 Å². The van der Waals surface area contributed by atoms with Crippen LogP contribution >= 0.6 is 0 Å². The molecule has 0 spiro atoms. The number of nitrogens with one attached hydrogen (secondary N) is 1. The van der Waals surface area contributed by atoms with Crippen molar-refractivity contribution >= 4 is 5.91 Å². The second-order valence-corrected chi connectivity index (χ2v) is 8.46. The highest BCUT2D eigenvalue weighted by Gasteiger charge is 2.39. The Hall–Kier alpha value is -2.32. The summed E-state index contributed by atoms with van der Waals surface area (Å²) in [6.45, 7) is 4.67. The number of carbonyl (C=O) groups excluding carboxylic acids is 1. The van der Waals surface area contributed by atoms with Crippen molar-refractivity contribution in [3.05, 3.63) is 41.6 Å². The number of piperazine rings is 1. The smallest absolute Gasteiger partial charge is 0.273 e. The number of benzene rings is 1. The number of nitrogens with zero attached hydrogens (tertiary/aromatic N) is 3. The maximum Gasteiger partial charge on any atom is 0.273 e. The molecule has 8 heteroatoms. The van der Waals surface area contributed by atoms with Crippen LogP contribution < -0.4 is 5.32 Å². The molecule has 0 unspecified atom stereocenters. The van der Waals surface area contributed by atoms with Crippen LogP contribution in [0.2, 0.25) is 0 Å². The van der Waals surface area contributed by atoms with Crippen LogP contribution in [0.5, 0.6) is 0 Å². The summed E-state index contributed by atoms with van der Waals surface area (Å²) in [6, 6.07) is 4.91. The molecule has 1 aliphatic heterocycles. The van der Waals surface area contributed by atoms with Gasteiger partial charge in [0.05, 0.1) is 0 Å². The molecular formula is C22H28F2N4O2. The molecule has 1 saturated carbocycles. The van der Waals surface area contributed by atoms with Crippen molar-refractivity contribution in [2.45, 2.75) is 37.6 Å². The molecule has 2 fully saturated rings. The number of aromatic nitrogens is 1. The van der Waals surface area contributed by atoms with Crippen LogP contribution in [-0.2, 0) is 0 Å². The molecule has 1 amide bonds. The molecule has 6 nitrogen and oxygen atoms in total. The molecule has 30 heavy (non-hydrogen) atoms. The van der Waals surface area contributed by atoms with Crippen molar-refractivity contribution in [1.29, 1.82) is 0 Å². The third-order valence-corrected chi connectivity index (χ3v) is 6.48. The van der Waals surface area contributed by atoms with Gasteiger partial charge in [-0.15, -0.1) is 0 Å². The number of carbonyl (C=O) groups is 1. The number of halogens is 2. The van der Waals surface area contributed by atoms with Crippen molar-refractivity contribution in [3.63, 3.8) is 0 Å². The third kappa shape index (κ3) is 4.39. The van der Waals surface area contributed by atoms with E-state index in [0.29, 0.717) is 12.1 Å². The Bertz CT molecular complexity index is 887. The number of rotatable bonds is 5. The monoisotopic (exact) mass is 418 g/mol. The van der Waals surface area contributed by atoms with E-state index < -0.39 is 11.6 Å². The van der Waals surface area contributed by atoms with Crippen molar-refractivity contribution in [1.82, 2.24) is 20.3 Å². The van der Waals surface area contributed by atoms with Crippen molar-refractivity contribution < 1.29 is 18.1 Å². The van der Waals surface area contributed by atoms with Gasteiger partial charge in [0.2, 0.25) is 0 Å². The first-order valence-electron chi connectivity index (χ1n) is 10.6. The Morgan fingerprint density at radius 1 is 1.10 bits per heavy atom. The average molecular weight is 418 g/mol. The summed E-state index contributed by atoms with van der Waals surface area (Å²) < 4.78 is 31.8. The summed E-state index contributed by atoms with van der Waals surface area (Å²) >= 11 is 0. The van der Waals surface area contributed by atoms with E-state index in [-0.39, 0.29) is 22.9 Å². The van der Waals surface area contributed by atoms with E-state index in [1.54, 1.807) is 0 Å². The number of hydrogen-bond acceptors (Lipinski definition) is 5. The highest BCUT2D eigenvalue weighted by molar-refractivity contribution is 5.93. The second kappa shape index (κ2) is 8.81. The van der Waals surface area contributed by atoms with Crippen molar-refractivity contribution in [2.75, 3.05) is 39.8 Å². The first-order valence-corrected chi connectivity index (χ1v) is 10.6.